The van der Waals surface area contributed by atoms with Gasteiger partial charge in [0.25, 0.3) is 0 Å². The number of nitrogens with zero attached hydrogens (tertiary/aromatic N) is 7. The summed E-state index contributed by atoms with van der Waals surface area (Å²) in [6, 6.07) is 18.7. The van der Waals surface area contributed by atoms with Gasteiger partial charge in [-0.1, -0.05) is 35.9 Å². The fraction of sp³-hybridized carbons (Fsp3) is 0.395. The number of rotatable bonds is 12. The van der Waals surface area contributed by atoms with Crippen LogP contribution in [0.25, 0.3) is 22.2 Å². The van der Waals surface area contributed by atoms with Crippen molar-refractivity contribution in [3.63, 3.8) is 0 Å². The molecule has 0 bridgehead atoms. The SMILES string of the molecule is COc1ccc(CN(Cc2ccc(OC)cc2)c2cc(C)c(C)c(-c3c(Cl)cc4c(N5CCN(C(=O)O)C[C@@H]5C)nc(OC[C@@H]5C[C@@H](F)CN5C)nc4c3F)n2)cc1. The summed E-state index contributed by atoms with van der Waals surface area (Å²) in [4.78, 5) is 33.6. The van der Waals surface area contributed by atoms with Crippen molar-refractivity contribution in [3.8, 4) is 28.8 Å². The molecule has 2 fully saturated rings. The van der Waals surface area contributed by atoms with E-state index in [2.05, 4.69) is 9.88 Å². The molecular formula is C43H48ClF2N7O5. The molecule has 0 radical (unpaired) electrons. The Morgan fingerprint density at radius 2 is 1.59 bits per heavy atom. The van der Waals surface area contributed by atoms with Gasteiger partial charge in [0.15, 0.2) is 5.82 Å². The van der Waals surface area contributed by atoms with Crippen LogP contribution in [0.2, 0.25) is 5.02 Å². The lowest BCUT2D eigenvalue weighted by atomic mass is 10.00. The number of likely N-dealkylation sites (N-methyl/N-ethyl adjacent to an activating group) is 1. The van der Waals surface area contributed by atoms with Gasteiger partial charge in [0.05, 0.1) is 30.5 Å². The molecular weight excluding hydrogens is 768 g/mol. The first-order valence-corrected chi connectivity index (χ1v) is 19.6. The molecule has 2 aliphatic heterocycles. The van der Waals surface area contributed by atoms with Gasteiger partial charge in [0, 0.05) is 56.7 Å². The number of hydrogen-bond donors (Lipinski definition) is 1. The Morgan fingerprint density at radius 1 is 0.948 bits per heavy atom. The van der Waals surface area contributed by atoms with Gasteiger partial charge in [-0.25, -0.2) is 18.6 Å². The maximum Gasteiger partial charge on any atom is 0.407 e. The van der Waals surface area contributed by atoms with E-state index in [1.54, 1.807) is 20.3 Å². The second kappa shape index (κ2) is 17.2. The van der Waals surface area contributed by atoms with Crippen molar-refractivity contribution < 1.29 is 32.9 Å². The number of ether oxygens (including phenoxy) is 3. The number of aromatic nitrogens is 3. The maximum absolute atomic E-state index is 17.5. The van der Waals surface area contributed by atoms with Crippen LogP contribution in [0.1, 0.15) is 35.6 Å². The van der Waals surface area contributed by atoms with Gasteiger partial charge in [-0.15, -0.1) is 0 Å². The van der Waals surface area contributed by atoms with Gasteiger partial charge in [0.1, 0.15) is 41.4 Å². The molecule has 2 saturated heterocycles. The molecule has 15 heteroatoms. The normalized spacial score (nSPS) is 18.5. The molecule has 2 aromatic heterocycles. The van der Waals surface area contributed by atoms with Crippen LogP contribution in [0.4, 0.5) is 25.2 Å². The monoisotopic (exact) mass is 815 g/mol. The fourth-order valence-corrected chi connectivity index (χ4v) is 8.01. The second-order valence-corrected chi connectivity index (χ2v) is 15.5. The van der Waals surface area contributed by atoms with E-state index in [0.29, 0.717) is 55.3 Å². The zero-order valence-electron chi connectivity index (χ0n) is 33.5. The first-order valence-electron chi connectivity index (χ1n) is 19.2. The summed E-state index contributed by atoms with van der Waals surface area (Å²) in [6.45, 7) is 7.85. The van der Waals surface area contributed by atoms with Crippen LogP contribution in [0.5, 0.6) is 17.5 Å². The number of aryl methyl sites for hydroxylation is 1. The van der Waals surface area contributed by atoms with Gasteiger partial charge in [0.2, 0.25) is 0 Å². The maximum atomic E-state index is 17.5. The quantitative estimate of drug-likeness (QED) is 0.132. The number of carbonyl (C=O) groups is 1. The number of carboxylic acid groups (broad SMARTS) is 1. The van der Waals surface area contributed by atoms with Crippen molar-refractivity contribution in [2.45, 2.75) is 58.5 Å². The van der Waals surface area contributed by atoms with E-state index >= 15 is 4.39 Å². The minimum absolute atomic E-state index is 0.0204. The molecule has 3 atom stereocenters. The van der Waals surface area contributed by atoms with E-state index in [0.717, 1.165) is 33.8 Å². The predicted octanol–water partition coefficient (Wildman–Crippen LogP) is 7.93. The number of fused-ring (bicyclic) bond motifs is 1. The molecule has 0 unspecified atom stereocenters. The second-order valence-electron chi connectivity index (χ2n) is 15.1. The van der Waals surface area contributed by atoms with Gasteiger partial charge in [-0.3, -0.25) is 4.90 Å². The van der Waals surface area contributed by atoms with Gasteiger partial charge in [-0.05, 0) is 92.9 Å². The number of benzene rings is 3. The first-order chi connectivity index (χ1) is 27.8. The lowest BCUT2D eigenvalue weighted by molar-refractivity contribution is 0.136. The molecule has 0 aliphatic carbocycles. The summed E-state index contributed by atoms with van der Waals surface area (Å²) in [7, 11) is 5.09. The van der Waals surface area contributed by atoms with Gasteiger partial charge in [-0.2, -0.15) is 9.97 Å². The molecule has 12 nitrogen and oxygen atoms in total. The van der Waals surface area contributed by atoms with Crippen molar-refractivity contribution in [1.82, 2.24) is 24.8 Å². The number of halogens is 3. The zero-order valence-corrected chi connectivity index (χ0v) is 34.3. The van der Waals surface area contributed by atoms with Gasteiger partial charge >= 0.3 is 12.1 Å². The van der Waals surface area contributed by atoms with Crippen LogP contribution in [0, 0.1) is 19.7 Å². The zero-order chi connectivity index (χ0) is 41.2. The lowest BCUT2D eigenvalue weighted by Crippen LogP contribution is -2.53. The number of piperazine rings is 1. The molecule has 306 valence electrons. The minimum atomic E-state index is -1.01. The Kier molecular flexibility index (Phi) is 12.1. The molecule has 5 aromatic rings. The molecule has 0 spiro atoms. The predicted molar refractivity (Wildman–Crippen MR) is 221 cm³/mol. The molecule has 2 aliphatic rings. The Hall–Kier alpha value is -5.47. The minimum Gasteiger partial charge on any atom is -0.497 e. The first kappa shape index (κ1) is 40.7. The van der Waals surface area contributed by atoms with Crippen molar-refractivity contribution >= 4 is 40.2 Å². The lowest BCUT2D eigenvalue weighted by Gasteiger charge is -2.39. The largest absolute Gasteiger partial charge is 0.497 e. The molecule has 7 rings (SSSR count). The Morgan fingerprint density at radius 3 is 2.14 bits per heavy atom. The van der Waals surface area contributed by atoms with E-state index in [1.807, 2.05) is 92.2 Å². The van der Waals surface area contributed by atoms with E-state index in [9.17, 15) is 14.3 Å². The van der Waals surface area contributed by atoms with E-state index in [4.69, 9.17) is 35.8 Å². The van der Waals surface area contributed by atoms with Crippen LogP contribution >= 0.6 is 11.6 Å². The number of pyridine rings is 1. The topological polar surface area (TPSA) is 117 Å². The Bertz CT molecular complexity index is 2230. The highest BCUT2D eigenvalue weighted by atomic mass is 35.5. The van der Waals surface area contributed by atoms with Crippen molar-refractivity contribution in [1.29, 1.82) is 0 Å². The third-order valence-corrected chi connectivity index (χ3v) is 11.5. The van der Waals surface area contributed by atoms with Crippen molar-refractivity contribution in [2.24, 2.45) is 0 Å². The van der Waals surface area contributed by atoms with E-state index in [1.165, 1.54) is 4.90 Å². The Balaban J connectivity index is 1.33. The summed E-state index contributed by atoms with van der Waals surface area (Å²) in [6.07, 6.45) is -1.69. The van der Waals surface area contributed by atoms with E-state index in [-0.39, 0.29) is 53.9 Å². The van der Waals surface area contributed by atoms with Gasteiger partial charge < -0.3 is 34.0 Å². The Labute approximate surface area is 341 Å². The highest BCUT2D eigenvalue weighted by Crippen LogP contribution is 2.41. The molecule has 58 heavy (non-hydrogen) atoms. The van der Waals surface area contributed by atoms with E-state index < -0.39 is 18.1 Å². The number of alkyl halides is 1. The highest BCUT2D eigenvalue weighted by molar-refractivity contribution is 6.34. The summed E-state index contributed by atoms with van der Waals surface area (Å²) >= 11 is 7.10. The smallest absolute Gasteiger partial charge is 0.407 e. The van der Waals surface area contributed by atoms with Crippen molar-refractivity contribution in [3.05, 3.63) is 93.8 Å². The molecule has 0 saturated carbocycles. The van der Waals surface area contributed by atoms with Crippen LogP contribution in [-0.4, -0.2) is 108 Å². The average Bonchev–Trinajstić information content (AvgIpc) is 3.54. The number of anilines is 2. The van der Waals surface area contributed by atoms with Crippen LogP contribution in [0.15, 0.2) is 60.7 Å². The number of methoxy groups -OCH3 is 2. The molecule has 1 N–H and O–H groups in total. The average molecular weight is 816 g/mol. The van der Waals surface area contributed by atoms with Crippen LogP contribution in [0.3, 0.4) is 0 Å². The van der Waals surface area contributed by atoms with Crippen LogP contribution in [-0.2, 0) is 13.1 Å². The van der Waals surface area contributed by atoms with Crippen LogP contribution < -0.4 is 24.0 Å². The summed E-state index contributed by atoms with van der Waals surface area (Å²) < 4.78 is 48.6. The third-order valence-electron chi connectivity index (χ3n) is 11.2. The molecule has 3 aromatic carbocycles. The number of amides is 1. The summed E-state index contributed by atoms with van der Waals surface area (Å²) in [5, 5.41) is 10.1. The standard InChI is InChI=1S/C43H48ClF2N7O5/c1-25-17-36(52(21-28-7-11-32(56-5)12-8-28)22-29-9-13-33(57-6)14-10-29)47-39(27(25)3)37-35(44)19-34-40(38(37)46)48-42(58-24-31-18-30(45)23-50(31)4)49-41(34)53-16-15-51(43(54)55)20-26(53)2/h7-14,17,19,26,30-31H,15-16,18,20-24H2,1-6H3,(H,54,55)/t26-,30+,31-/m0/s1. The molecule has 4 heterocycles. The summed E-state index contributed by atoms with van der Waals surface area (Å²) in [5.74, 6) is 1.78. The third kappa shape index (κ3) is 8.53. The highest BCUT2D eigenvalue weighted by Gasteiger charge is 2.33. The summed E-state index contributed by atoms with van der Waals surface area (Å²) in [5.41, 5.74) is 4.09. The molecule has 1 amide bonds. The number of likely N-dealkylation sites (tertiary alicyclic amines) is 1. The number of hydrogen-bond acceptors (Lipinski definition) is 10. The van der Waals surface area contributed by atoms with Crippen molar-refractivity contribution in [2.75, 3.05) is 63.9 Å². The fourth-order valence-electron chi connectivity index (χ4n) is 7.73.